The first-order valence-electron chi connectivity index (χ1n) is 5.17. The lowest BCUT2D eigenvalue weighted by molar-refractivity contribution is 0.0164. The Balaban J connectivity index is 3.01. The van der Waals surface area contributed by atoms with E-state index < -0.39 is 18.0 Å². The number of nitriles is 1. The fourth-order valence-electron chi connectivity index (χ4n) is 1.56. The van der Waals surface area contributed by atoms with Crippen LogP contribution in [-0.2, 0) is 6.42 Å². The molecule has 0 aliphatic carbocycles. The number of nitrogens with zero attached hydrogens (tertiary/aromatic N) is 1. The zero-order valence-electron chi connectivity index (χ0n) is 9.11. The van der Waals surface area contributed by atoms with Crippen LogP contribution >= 0.6 is 11.6 Å². The van der Waals surface area contributed by atoms with Crippen LogP contribution in [0, 0.1) is 17.1 Å². The Kier molecular flexibility index (Phi) is 5.36. The summed E-state index contributed by atoms with van der Waals surface area (Å²) in [7, 11) is 0. The molecule has 1 aromatic carbocycles. The highest BCUT2D eigenvalue weighted by molar-refractivity contribution is 6.17. The lowest BCUT2D eigenvalue weighted by Gasteiger charge is -2.19. The van der Waals surface area contributed by atoms with Gasteiger partial charge in [-0.15, -0.1) is 11.6 Å². The highest BCUT2D eigenvalue weighted by Gasteiger charge is 2.21. The minimum atomic E-state index is -1.23. The largest absolute Gasteiger partial charge is 0.390 e. The minimum Gasteiger partial charge on any atom is -0.390 e. The maximum atomic E-state index is 13.1. The number of aliphatic hydroxyl groups excluding tert-OH is 2. The predicted molar refractivity (Wildman–Crippen MR) is 62.0 cm³/mol. The summed E-state index contributed by atoms with van der Waals surface area (Å²) in [4.78, 5) is 0. The molecule has 0 bridgehead atoms. The van der Waals surface area contributed by atoms with Gasteiger partial charge in [0, 0.05) is 5.88 Å². The maximum Gasteiger partial charge on any atom is 0.123 e. The summed E-state index contributed by atoms with van der Waals surface area (Å²) in [5.41, 5.74) is 0.749. The van der Waals surface area contributed by atoms with Gasteiger partial charge in [-0.25, -0.2) is 4.39 Å². The van der Waals surface area contributed by atoms with E-state index in [4.69, 9.17) is 16.9 Å². The van der Waals surface area contributed by atoms with Gasteiger partial charge in [0.2, 0.25) is 0 Å². The van der Waals surface area contributed by atoms with Crippen LogP contribution in [0.5, 0.6) is 0 Å². The first-order chi connectivity index (χ1) is 8.10. The van der Waals surface area contributed by atoms with Crippen LogP contribution in [0.25, 0.3) is 0 Å². The van der Waals surface area contributed by atoms with Crippen molar-refractivity contribution < 1.29 is 14.6 Å². The zero-order valence-corrected chi connectivity index (χ0v) is 9.86. The van der Waals surface area contributed by atoms with Crippen LogP contribution < -0.4 is 0 Å². The number of aliphatic hydroxyl groups is 2. The first-order valence-corrected chi connectivity index (χ1v) is 5.71. The molecule has 2 N–H and O–H groups in total. The molecule has 0 saturated heterocycles. The average molecular weight is 258 g/mol. The number of rotatable bonds is 5. The van der Waals surface area contributed by atoms with Crippen molar-refractivity contribution in [2.75, 3.05) is 5.88 Å². The van der Waals surface area contributed by atoms with Crippen molar-refractivity contribution in [2.24, 2.45) is 0 Å². The molecule has 0 amide bonds. The molecule has 3 nitrogen and oxygen atoms in total. The molecule has 0 aromatic heterocycles. The quantitative estimate of drug-likeness (QED) is 0.792. The summed E-state index contributed by atoms with van der Waals surface area (Å²) in [6.45, 7) is 0. The number of hydrogen-bond acceptors (Lipinski definition) is 3. The molecular weight excluding hydrogens is 245 g/mol. The summed E-state index contributed by atoms with van der Waals surface area (Å²) >= 11 is 5.46. The Hall–Kier alpha value is -1.15. The lowest BCUT2D eigenvalue weighted by atomic mass is 9.96. The monoisotopic (exact) mass is 257 g/mol. The summed E-state index contributed by atoms with van der Waals surface area (Å²) in [6, 6.07) is 5.72. The molecule has 2 unspecified atom stereocenters. The van der Waals surface area contributed by atoms with Gasteiger partial charge in [-0.2, -0.15) is 5.26 Å². The zero-order chi connectivity index (χ0) is 12.8. The number of halogens is 2. The van der Waals surface area contributed by atoms with E-state index in [9.17, 15) is 14.6 Å². The van der Waals surface area contributed by atoms with E-state index in [1.54, 1.807) is 0 Å². The lowest BCUT2D eigenvalue weighted by Crippen LogP contribution is -2.20. The molecule has 0 radical (unpaired) electrons. The molecule has 0 saturated carbocycles. The summed E-state index contributed by atoms with van der Waals surface area (Å²) in [5, 5.41) is 28.1. The van der Waals surface area contributed by atoms with Gasteiger partial charge in [0.1, 0.15) is 11.9 Å². The summed E-state index contributed by atoms with van der Waals surface area (Å²) in [5.74, 6) is -0.319. The van der Waals surface area contributed by atoms with E-state index in [0.29, 0.717) is 5.56 Å². The Morgan fingerprint density at radius 2 is 2.12 bits per heavy atom. The third kappa shape index (κ3) is 3.67. The van der Waals surface area contributed by atoms with Gasteiger partial charge in [0.25, 0.3) is 0 Å². The second-order valence-corrected chi connectivity index (χ2v) is 4.05. The Labute approximate surface area is 104 Å². The SMILES string of the molecule is N#CCc1ccc(F)cc1C(O)C(O)CCCl. The van der Waals surface area contributed by atoms with E-state index in [2.05, 4.69) is 0 Å². The van der Waals surface area contributed by atoms with Crippen molar-refractivity contribution in [2.45, 2.75) is 25.0 Å². The van der Waals surface area contributed by atoms with Crippen molar-refractivity contribution in [3.63, 3.8) is 0 Å². The van der Waals surface area contributed by atoms with E-state index in [0.717, 1.165) is 6.07 Å². The van der Waals surface area contributed by atoms with Crippen molar-refractivity contribution >= 4 is 11.6 Å². The van der Waals surface area contributed by atoms with Gasteiger partial charge in [-0.1, -0.05) is 6.07 Å². The predicted octanol–water partition coefficient (Wildman–Crippen LogP) is 1.91. The molecule has 0 heterocycles. The van der Waals surface area contributed by atoms with Gasteiger partial charge >= 0.3 is 0 Å². The average Bonchev–Trinajstić information content (AvgIpc) is 2.31. The van der Waals surface area contributed by atoms with Crippen LogP contribution in [0.2, 0.25) is 0 Å². The fourth-order valence-corrected chi connectivity index (χ4v) is 1.79. The van der Waals surface area contributed by atoms with E-state index in [1.807, 2.05) is 6.07 Å². The van der Waals surface area contributed by atoms with Crippen molar-refractivity contribution in [1.82, 2.24) is 0 Å². The Morgan fingerprint density at radius 3 is 2.71 bits per heavy atom. The molecule has 92 valence electrons. The molecule has 0 aliphatic rings. The van der Waals surface area contributed by atoms with Crippen LogP contribution in [-0.4, -0.2) is 22.2 Å². The van der Waals surface area contributed by atoms with E-state index >= 15 is 0 Å². The van der Waals surface area contributed by atoms with Crippen LogP contribution in [0.15, 0.2) is 18.2 Å². The van der Waals surface area contributed by atoms with Gasteiger partial charge < -0.3 is 10.2 Å². The standard InChI is InChI=1S/C12H13ClFNO2/c13-5-3-11(16)12(17)10-7-9(14)2-1-8(10)4-6-15/h1-2,7,11-12,16-17H,3-5H2. The van der Waals surface area contributed by atoms with Crippen molar-refractivity contribution in [3.8, 4) is 6.07 Å². The van der Waals surface area contributed by atoms with Gasteiger partial charge in [-0.3, -0.25) is 0 Å². The van der Waals surface area contributed by atoms with Crippen LogP contribution in [0.1, 0.15) is 23.7 Å². The Bertz CT molecular complexity index is 419. The highest BCUT2D eigenvalue weighted by atomic mass is 35.5. The molecule has 0 fully saturated rings. The highest BCUT2D eigenvalue weighted by Crippen LogP contribution is 2.24. The van der Waals surface area contributed by atoms with Crippen LogP contribution in [0.3, 0.4) is 0 Å². The second kappa shape index (κ2) is 6.55. The van der Waals surface area contributed by atoms with Gasteiger partial charge in [0.15, 0.2) is 0 Å². The number of hydrogen-bond donors (Lipinski definition) is 2. The fraction of sp³-hybridized carbons (Fsp3) is 0.417. The smallest absolute Gasteiger partial charge is 0.123 e. The second-order valence-electron chi connectivity index (χ2n) is 3.67. The number of alkyl halides is 1. The molecule has 0 spiro atoms. The topological polar surface area (TPSA) is 64.2 Å². The van der Waals surface area contributed by atoms with Crippen LogP contribution in [0.4, 0.5) is 4.39 Å². The van der Waals surface area contributed by atoms with E-state index in [1.165, 1.54) is 12.1 Å². The molecule has 0 aliphatic heterocycles. The molecule has 17 heavy (non-hydrogen) atoms. The molecule has 2 atom stereocenters. The third-order valence-electron chi connectivity index (χ3n) is 2.47. The number of benzene rings is 1. The Morgan fingerprint density at radius 1 is 1.41 bits per heavy atom. The first kappa shape index (κ1) is 13.9. The van der Waals surface area contributed by atoms with E-state index in [-0.39, 0.29) is 24.3 Å². The minimum absolute atomic E-state index is 0.0558. The molecule has 1 aromatic rings. The van der Waals surface area contributed by atoms with Crippen molar-refractivity contribution in [1.29, 1.82) is 5.26 Å². The molecular formula is C12H13ClFNO2. The summed E-state index contributed by atoms with van der Waals surface area (Å²) < 4.78 is 13.1. The maximum absolute atomic E-state index is 13.1. The normalized spacial score (nSPS) is 14.1. The molecule has 1 rings (SSSR count). The van der Waals surface area contributed by atoms with Gasteiger partial charge in [-0.05, 0) is 29.7 Å². The summed E-state index contributed by atoms with van der Waals surface area (Å²) in [6.07, 6.45) is -2.04. The van der Waals surface area contributed by atoms with Gasteiger partial charge in [0.05, 0.1) is 18.6 Å². The van der Waals surface area contributed by atoms with Crippen molar-refractivity contribution in [3.05, 3.63) is 35.1 Å². The third-order valence-corrected chi connectivity index (χ3v) is 2.68. The molecule has 5 heteroatoms.